The van der Waals surface area contributed by atoms with Crippen LogP contribution in [0.2, 0.25) is 0 Å². The predicted molar refractivity (Wildman–Crippen MR) is 107 cm³/mol. The number of hydrogen-bond donors (Lipinski definition) is 1. The van der Waals surface area contributed by atoms with Gasteiger partial charge in [0.05, 0.1) is 0 Å². The van der Waals surface area contributed by atoms with Gasteiger partial charge in [0.1, 0.15) is 0 Å². The van der Waals surface area contributed by atoms with Crippen LogP contribution in [0.4, 0.5) is 5.69 Å². The first kappa shape index (κ1) is 19.5. The number of carbonyl (C=O) groups excluding carboxylic acids is 1. The van der Waals surface area contributed by atoms with Gasteiger partial charge in [0.15, 0.2) is 0 Å². The summed E-state index contributed by atoms with van der Waals surface area (Å²) in [5.74, 6) is -0.247. The van der Waals surface area contributed by atoms with Crippen LogP contribution >= 0.6 is 0 Å². The maximum Gasteiger partial charge on any atom is 0.281 e. The van der Waals surface area contributed by atoms with E-state index in [1.807, 2.05) is 54.6 Å². The average molecular weight is 388 g/mol. The maximum absolute atomic E-state index is 12.8. The summed E-state index contributed by atoms with van der Waals surface area (Å²) in [6, 6.07) is 17.6. The van der Waals surface area contributed by atoms with Crippen LogP contribution in [-0.2, 0) is 15.0 Å². The topological polar surface area (TPSA) is 69.7 Å². The lowest BCUT2D eigenvalue weighted by molar-refractivity contribution is -0.120. The van der Waals surface area contributed by atoms with Gasteiger partial charge in [-0.05, 0) is 24.5 Å². The Morgan fingerprint density at radius 3 is 2.22 bits per heavy atom. The third-order valence-corrected chi connectivity index (χ3v) is 6.82. The van der Waals surface area contributed by atoms with E-state index in [0.29, 0.717) is 25.9 Å². The Labute approximate surface area is 161 Å². The third kappa shape index (κ3) is 4.37. The number of nitrogens with zero attached hydrogens (tertiary/aromatic N) is 2. The monoisotopic (exact) mass is 387 g/mol. The van der Waals surface area contributed by atoms with E-state index in [1.165, 1.54) is 22.7 Å². The van der Waals surface area contributed by atoms with Crippen LogP contribution < -0.4 is 5.32 Å². The van der Waals surface area contributed by atoms with E-state index >= 15 is 0 Å². The number of amides is 1. The van der Waals surface area contributed by atoms with Gasteiger partial charge in [0.25, 0.3) is 10.2 Å². The molecule has 0 unspecified atom stereocenters. The molecule has 0 radical (unpaired) electrons. The molecule has 144 valence electrons. The number of nitrogens with one attached hydrogen (secondary N) is 1. The van der Waals surface area contributed by atoms with Crippen molar-refractivity contribution in [2.45, 2.75) is 12.8 Å². The molecule has 1 amide bonds. The number of carbonyl (C=O) groups is 1. The molecule has 0 spiro atoms. The zero-order chi connectivity index (χ0) is 19.4. The normalized spacial score (nSPS) is 16.4. The second-order valence-corrected chi connectivity index (χ2v) is 9.01. The quantitative estimate of drug-likeness (QED) is 0.858. The van der Waals surface area contributed by atoms with Crippen molar-refractivity contribution in [3.8, 4) is 11.1 Å². The van der Waals surface area contributed by atoms with Crippen molar-refractivity contribution in [2.24, 2.45) is 5.92 Å². The molecule has 0 atom stereocenters. The molecule has 27 heavy (non-hydrogen) atoms. The van der Waals surface area contributed by atoms with Gasteiger partial charge >= 0.3 is 0 Å². The van der Waals surface area contributed by atoms with E-state index in [1.54, 1.807) is 0 Å². The summed E-state index contributed by atoms with van der Waals surface area (Å²) in [5.41, 5.74) is 2.79. The van der Waals surface area contributed by atoms with Crippen LogP contribution in [0.3, 0.4) is 0 Å². The molecule has 1 N–H and O–H groups in total. The Hall–Kier alpha value is -2.22. The standard InChI is InChI=1S/C20H25N3O3S/c1-22(2)27(25,26)23-14-12-17(13-15-23)20(24)21-19-11-7-6-10-18(19)16-8-4-3-5-9-16/h3-11,17H,12-15H2,1-2H3,(H,21,24). The smallest absolute Gasteiger partial charge is 0.281 e. The fourth-order valence-corrected chi connectivity index (χ4v) is 4.41. The molecule has 1 fully saturated rings. The molecule has 3 rings (SSSR count). The maximum atomic E-state index is 12.8. The van der Waals surface area contributed by atoms with Crippen LogP contribution in [0.25, 0.3) is 11.1 Å². The van der Waals surface area contributed by atoms with Crippen molar-refractivity contribution in [1.29, 1.82) is 0 Å². The van der Waals surface area contributed by atoms with Crippen LogP contribution in [0.15, 0.2) is 54.6 Å². The lowest BCUT2D eigenvalue weighted by Crippen LogP contribution is -2.46. The number of piperidine rings is 1. The first-order valence-electron chi connectivity index (χ1n) is 9.02. The van der Waals surface area contributed by atoms with Gasteiger partial charge in [-0.1, -0.05) is 48.5 Å². The predicted octanol–water partition coefficient (Wildman–Crippen LogP) is 2.81. The van der Waals surface area contributed by atoms with Crippen molar-refractivity contribution in [3.63, 3.8) is 0 Å². The van der Waals surface area contributed by atoms with Gasteiger partial charge in [-0.25, -0.2) is 0 Å². The largest absolute Gasteiger partial charge is 0.325 e. The Morgan fingerprint density at radius 2 is 1.59 bits per heavy atom. The highest BCUT2D eigenvalue weighted by atomic mass is 32.2. The average Bonchev–Trinajstić information content (AvgIpc) is 2.69. The summed E-state index contributed by atoms with van der Waals surface area (Å²) in [6.07, 6.45) is 1.04. The van der Waals surface area contributed by atoms with Crippen molar-refractivity contribution in [1.82, 2.24) is 8.61 Å². The summed E-state index contributed by atoms with van der Waals surface area (Å²) in [6.45, 7) is 0.720. The summed E-state index contributed by atoms with van der Waals surface area (Å²) >= 11 is 0. The van der Waals surface area contributed by atoms with Crippen molar-refractivity contribution in [2.75, 3.05) is 32.5 Å². The highest BCUT2D eigenvalue weighted by molar-refractivity contribution is 7.86. The highest BCUT2D eigenvalue weighted by Gasteiger charge is 2.32. The summed E-state index contributed by atoms with van der Waals surface area (Å²) in [7, 11) is -0.371. The van der Waals surface area contributed by atoms with Crippen molar-refractivity contribution in [3.05, 3.63) is 54.6 Å². The molecule has 0 saturated carbocycles. The summed E-state index contributed by atoms with van der Waals surface area (Å²) < 4.78 is 27.1. The van der Waals surface area contributed by atoms with Crippen molar-refractivity contribution >= 4 is 21.8 Å². The summed E-state index contributed by atoms with van der Waals surface area (Å²) in [5, 5.41) is 3.04. The first-order valence-corrected chi connectivity index (χ1v) is 10.4. The molecule has 0 aromatic heterocycles. The Morgan fingerprint density at radius 1 is 1.00 bits per heavy atom. The minimum atomic E-state index is -3.42. The Kier molecular flexibility index (Phi) is 5.94. The zero-order valence-electron chi connectivity index (χ0n) is 15.6. The van der Waals surface area contributed by atoms with Crippen LogP contribution in [-0.4, -0.2) is 50.1 Å². The van der Waals surface area contributed by atoms with Crippen LogP contribution in [0.5, 0.6) is 0 Å². The number of rotatable bonds is 5. The molecule has 7 heteroatoms. The molecular formula is C20H25N3O3S. The molecular weight excluding hydrogens is 362 g/mol. The van der Waals surface area contributed by atoms with E-state index < -0.39 is 10.2 Å². The van der Waals surface area contributed by atoms with E-state index in [9.17, 15) is 13.2 Å². The SMILES string of the molecule is CN(C)S(=O)(=O)N1CCC(C(=O)Nc2ccccc2-c2ccccc2)CC1. The minimum absolute atomic E-state index is 0.0553. The molecule has 1 aliphatic heterocycles. The zero-order valence-corrected chi connectivity index (χ0v) is 16.4. The van der Waals surface area contributed by atoms with Gasteiger partial charge < -0.3 is 5.32 Å². The van der Waals surface area contributed by atoms with E-state index in [-0.39, 0.29) is 11.8 Å². The minimum Gasteiger partial charge on any atom is -0.325 e. The number of para-hydroxylation sites is 1. The lowest BCUT2D eigenvalue weighted by Gasteiger charge is -2.32. The summed E-state index contributed by atoms with van der Waals surface area (Å²) in [4.78, 5) is 12.8. The Bertz CT molecular complexity index is 890. The van der Waals surface area contributed by atoms with Crippen molar-refractivity contribution < 1.29 is 13.2 Å². The first-order chi connectivity index (χ1) is 12.9. The van der Waals surface area contributed by atoms with Gasteiger partial charge in [-0.15, -0.1) is 0 Å². The van der Waals surface area contributed by atoms with Crippen LogP contribution in [0, 0.1) is 5.92 Å². The van der Waals surface area contributed by atoms with E-state index in [2.05, 4.69) is 5.32 Å². The fraction of sp³-hybridized carbons (Fsp3) is 0.350. The second kappa shape index (κ2) is 8.21. The molecule has 1 saturated heterocycles. The van der Waals surface area contributed by atoms with Gasteiger partial charge in [-0.2, -0.15) is 17.0 Å². The molecule has 0 bridgehead atoms. The second-order valence-electron chi connectivity index (χ2n) is 6.86. The number of hydrogen-bond acceptors (Lipinski definition) is 3. The van der Waals surface area contributed by atoms with E-state index in [0.717, 1.165) is 16.8 Å². The molecule has 2 aromatic carbocycles. The molecule has 2 aromatic rings. The van der Waals surface area contributed by atoms with E-state index in [4.69, 9.17) is 0 Å². The van der Waals surface area contributed by atoms with Gasteiger partial charge in [0, 0.05) is 44.4 Å². The Balaban J connectivity index is 1.68. The fourth-order valence-electron chi connectivity index (χ4n) is 3.28. The van der Waals surface area contributed by atoms with Gasteiger partial charge in [0.2, 0.25) is 5.91 Å². The number of anilines is 1. The molecule has 6 nitrogen and oxygen atoms in total. The van der Waals surface area contributed by atoms with Crippen LogP contribution in [0.1, 0.15) is 12.8 Å². The lowest BCUT2D eigenvalue weighted by atomic mass is 9.96. The van der Waals surface area contributed by atoms with Gasteiger partial charge in [-0.3, -0.25) is 4.79 Å². The number of benzene rings is 2. The molecule has 1 aliphatic rings. The third-order valence-electron chi connectivity index (χ3n) is 4.88. The highest BCUT2D eigenvalue weighted by Crippen LogP contribution is 2.29. The molecule has 1 heterocycles. The molecule has 0 aliphatic carbocycles.